The fraction of sp³-hybridized carbons (Fsp3) is 0. The lowest BCUT2D eigenvalue weighted by molar-refractivity contribution is -0.110. The van der Waals surface area contributed by atoms with Gasteiger partial charge in [-0.3, -0.25) is 4.79 Å². The third kappa shape index (κ3) is 4.51. The molecular formula is C26H19ClN4O2. The quantitative estimate of drug-likeness (QED) is 0.266. The number of benzene rings is 3. The minimum atomic E-state index is -0.355. The molecule has 3 aromatic carbocycles. The number of aromatic nitrogens is 1. The first kappa shape index (κ1) is 20.6. The Morgan fingerprint density at radius 2 is 1.64 bits per heavy atom. The van der Waals surface area contributed by atoms with Gasteiger partial charge in [0.25, 0.3) is 5.91 Å². The number of aromatic amines is 1. The summed E-state index contributed by atoms with van der Waals surface area (Å²) < 4.78 is 0. The SMILES string of the molecule is O=C(Nc1ccc(-c2ccc3c(c2)NC(=O)/C3=C\c2ccc[nH]2)cc1)Nc1cccc(Cl)c1. The molecule has 33 heavy (non-hydrogen) atoms. The largest absolute Gasteiger partial charge is 0.362 e. The first-order valence-electron chi connectivity index (χ1n) is 10.3. The molecule has 0 atom stereocenters. The maximum absolute atomic E-state index is 12.5. The van der Waals surface area contributed by atoms with Gasteiger partial charge in [-0.1, -0.05) is 41.9 Å². The first-order valence-corrected chi connectivity index (χ1v) is 10.7. The van der Waals surface area contributed by atoms with Crippen LogP contribution in [-0.2, 0) is 4.79 Å². The number of amides is 3. The van der Waals surface area contributed by atoms with Crippen molar-refractivity contribution in [2.75, 3.05) is 16.0 Å². The van der Waals surface area contributed by atoms with E-state index in [4.69, 9.17) is 11.6 Å². The van der Waals surface area contributed by atoms with Gasteiger partial charge < -0.3 is 20.9 Å². The summed E-state index contributed by atoms with van der Waals surface area (Å²) in [6.07, 6.45) is 3.67. The van der Waals surface area contributed by atoms with Crippen LogP contribution in [0.3, 0.4) is 0 Å². The van der Waals surface area contributed by atoms with Crippen LogP contribution >= 0.6 is 11.6 Å². The van der Waals surface area contributed by atoms with Crippen LogP contribution in [0, 0.1) is 0 Å². The summed E-state index contributed by atoms with van der Waals surface area (Å²) in [6, 6.07) is 23.8. The third-order valence-electron chi connectivity index (χ3n) is 5.28. The molecule has 4 aromatic rings. The van der Waals surface area contributed by atoms with E-state index in [1.807, 2.05) is 66.9 Å². The average Bonchev–Trinajstić information content (AvgIpc) is 3.42. The third-order valence-corrected chi connectivity index (χ3v) is 5.52. The fourth-order valence-electron chi connectivity index (χ4n) is 3.71. The van der Waals surface area contributed by atoms with Crippen LogP contribution in [0.4, 0.5) is 21.9 Å². The number of fused-ring (bicyclic) bond motifs is 1. The second-order valence-electron chi connectivity index (χ2n) is 7.56. The summed E-state index contributed by atoms with van der Waals surface area (Å²) in [4.78, 5) is 27.8. The van der Waals surface area contributed by atoms with E-state index in [1.165, 1.54) is 0 Å². The highest BCUT2D eigenvalue weighted by molar-refractivity contribution is 6.35. The number of hydrogen-bond donors (Lipinski definition) is 4. The van der Waals surface area contributed by atoms with Gasteiger partial charge in [-0.2, -0.15) is 0 Å². The number of nitrogens with one attached hydrogen (secondary N) is 4. The van der Waals surface area contributed by atoms with Gasteiger partial charge >= 0.3 is 6.03 Å². The topological polar surface area (TPSA) is 86.0 Å². The van der Waals surface area contributed by atoms with Crippen molar-refractivity contribution in [3.63, 3.8) is 0 Å². The lowest BCUT2D eigenvalue weighted by atomic mass is 10.00. The van der Waals surface area contributed by atoms with E-state index in [0.29, 0.717) is 22.0 Å². The minimum Gasteiger partial charge on any atom is -0.362 e. The Labute approximate surface area is 195 Å². The van der Waals surface area contributed by atoms with Crippen molar-refractivity contribution >= 4 is 52.3 Å². The van der Waals surface area contributed by atoms with E-state index in [0.717, 1.165) is 28.1 Å². The number of anilines is 3. The predicted molar refractivity (Wildman–Crippen MR) is 133 cm³/mol. The van der Waals surface area contributed by atoms with Crippen molar-refractivity contribution in [2.45, 2.75) is 0 Å². The maximum Gasteiger partial charge on any atom is 0.323 e. The van der Waals surface area contributed by atoms with Gasteiger partial charge in [-0.05, 0) is 65.7 Å². The predicted octanol–water partition coefficient (Wildman–Crippen LogP) is 6.47. The Kier molecular flexibility index (Phi) is 5.42. The van der Waals surface area contributed by atoms with Gasteiger partial charge in [-0.25, -0.2) is 4.79 Å². The van der Waals surface area contributed by atoms with Crippen molar-refractivity contribution < 1.29 is 9.59 Å². The molecule has 0 saturated carbocycles. The molecule has 4 N–H and O–H groups in total. The van der Waals surface area contributed by atoms with E-state index < -0.39 is 0 Å². The maximum atomic E-state index is 12.5. The Morgan fingerprint density at radius 3 is 2.39 bits per heavy atom. The molecule has 1 aliphatic heterocycles. The fourth-order valence-corrected chi connectivity index (χ4v) is 3.90. The van der Waals surface area contributed by atoms with E-state index in [2.05, 4.69) is 20.9 Å². The highest BCUT2D eigenvalue weighted by Gasteiger charge is 2.24. The van der Waals surface area contributed by atoms with Crippen molar-refractivity contribution in [1.29, 1.82) is 0 Å². The van der Waals surface area contributed by atoms with Crippen LogP contribution < -0.4 is 16.0 Å². The molecule has 5 rings (SSSR count). The van der Waals surface area contributed by atoms with Crippen LogP contribution in [-0.4, -0.2) is 16.9 Å². The van der Waals surface area contributed by atoms with Crippen molar-refractivity contribution in [3.8, 4) is 11.1 Å². The lowest BCUT2D eigenvalue weighted by Crippen LogP contribution is -2.19. The Morgan fingerprint density at radius 1 is 0.848 bits per heavy atom. The van der Waals surface area contributed by atoms with Crippen LogP contribution in [0.5, 0.6) is 0 Å². The Hall–Kier alpha value is -4.29. The second kappa shape index (κ2) is 8.68. The number of H-pyrrole nitrogens is 1. The molecule has 1 aliphatic rings. The van der Waals surface area contributed by atoms with E-state index in [1.54, 1.807) is 24.3 Å². The number of rotatable bonds is 4. The van der Waals surface area contributed by atoms with E-state index in [9.17, 15) is 9.59 Å². The summed E-state index contributed by atoms with van der Waals surface area (Å²) in [5.41, 5.74) is 6.35. The van der Waals surface area contributed by atoms with Crippen LogP contribution in [0.2, 0.25) is 5.02 Å². The average molecular weight is 455 g/mol. The number of urea groups is 1. The van der Waals surface area contributed by atoms with Crippen LogP contribution in [0.25, 0.3) is 22.8 Å². The molecule has 0 unspecified atom stereocenters. The smallest absolute Gasteiger partial charge is 0.323 e. The zero-order chi connectivity index (χ0) is 22.8. The lowest BCUT2D eigenvalue weighted by Gasteiger charge is -2.09. The molecule has 3 amide bonds. The van der Waals surface area contributed by atoms with Gasteiger partial charge in [-0.15, -0.1) is 0 Å². The molecule has 6 nitrogen and oxygen atoms in total. The molecule has 162 valence electrons. The van der Waals surface area contributed by atoms with Crippen LogP contribution in [0.1, 0.15) is 11.3 Å². The summed E-state index contributed by atoms with van der Waals surface area (Å²) in [7, 11) is 0. The van der Waals surface area contributed by atoms with Crippen molar-refractivity contribution in [2.24, 2.45) is 0 Å². The van der Waals surface area contributed by atoms with Crippen molar-refractivity contribution in [3.05, 3.63) is 101 Å². The summed E-state index contributed by atoms with van der Waals surface area (Å²) in [5.74, 6) is -0.123. The van der Waals surface area contributed by atoms with E-state index >= 15 is 0 Å². The summed E-state index contributed by atoms with van der Waals surface area (Å²) in [5, 5.41) is 9.04. The van der Waals surface area contributed by atoms with Gasteiger partial charge in [0.2, 0.25) is 0 Å². The molecule has 2 heterocycles. The molecule has 0 bridgehead atoms. The number of halogens is 1. The molecule has 1 aromatic heterocycles. The molecular weight excluding hydrogens is 436 g/mol. The zero-order valence-electron chi connectivity index (χ0n) is 17.4. The Balaban J connectivity index is 1.30. The summed E-state index contributed by atoms with van der Waals surface area (Å²) in [6.45, 7) is 0. The highest BCUT2D eigenvalue weighted by atomic mass is 35.5. The number of carbonyl (C=O) groups is 2. The zero-order valence-corrected chi connectivity index (χ0v) is 18.1. The number of carbonyl (C=O) groups excluding carboxylic acids is 2. The molecule has 0 spiro atoms. The van der Waals surface area contributed by atoms with Crippen molar-refractivity contribution in [1.82, 2.24) is 4.98 Å². The monoisotopic (exact) mass is 454 g/mol. The minimum absolute atomic E-state index is 0.123. The molecule has 0 fully saturated rings. The second-order valence-corrected chi connectivity index (χ2v) is 8.00. The molecule has 0 radical (unpaired) electrons. The van der Waals surface area contributed by atoms with Gasteiger partial charge in [0.15, 0.2) is 0 Å². The van der Waals surface area contributed by atoms with Crippen LogP contribution in [0.15, 0.2) is 85.1 Å². The normalized spacial score (nSPS) is 13.5. The molecule has 0 aliphatic carbocycles. The number of hydrogen-bond acceptors (Lipinski definition) is 2. The van der Waals surface area contributed by atoms with Gasteiger partial charge in [0, 0.05) is 39.5 Å². The standard InChI is InChI=1S/C26H19ClN4O2/c27-18-3-1-4-21(14-18)30-26(33)29-19-9-6-16(7-10-19)17-8-11-22-23(15-20-5-2-12-28-20)25(32)31-24(22)13-17/h1-15,28H,(H,31,32)(H2,29,30,33)/b23-15-. The summed E-state index contributed by atoms with van der Waals surface area (Å²) >= 11 is 5.95. The molecule has 7 heteroatoms. The molecule has 0 saturated heterocycles. The van der Waals surface area contributed by atoms with E-state index in [-0.39, 0.29) is 11.9 Å². The first-order chi connectivity index (χ1) is 16.0. The Bertz CT molecular complexity index is 1380. The van der Waals surface area contributed by atoms with Gasteiger partial charge in [0.1, 0.15) is 0 Å². The highest BCUT2D eigenvalue weighted by Crippen LogP contribution is 2.36. The van der Waals surface area contributed by atoms with Gasteiger partial charge in [0.05, 0.1) is 5.57 Å².